The van der Waals surface area contributed by atoms with Gasteiger partial charge in [-0.25, -0.2) is 13.4 Å². The molecule has 0 spiro atoms. The third-order valence-corrected chi connectivity index (χ3v) is 7.12. The molecule has 7 heteroatoms. The molecule has 33 heavy (non-hydrogen) atoms. The fourth-order valence-corrected chi connectivity index (χ4v) is 4.73. The van der Waals surface area contributed by atoms with Crippen LogP contribution in [0.3, 0.4) is 0 Å². The number of oxazole rings is 1. The lowest BCUT2D eigenvalue weighted by atomic mass is 10.1. The molecule has 168 valence electrons. The number of nitrogens with one attached hydrogen (secondary N) is 1. The summed E-state index contributed by atoms with van der Waals surface area (Å²) < 4.78 is 31.1. The van der Waals surface area contributed by atoms with E-state index < -0.39 is 9.84 Å². The Morgan fingerprint density at radius 1 is 0.909 bits per heavy atom. The van der Waals surface area contributed by atoms with Gasteiger partial charge in [-0.3, -0.25) is 4.79 Å². The first-order valence-electron chi connectivity index (χ1n) is 10.5. The summed E-state index contributed by atoms with van der Waals surface area (Å²) in [6.45, 7) is 5.71. The molecular formula is C26H24N2O4S. The summed E-state index contributed by atoms with van der Waals surface area (Å²) in [5.74, 6) is 0.291. The molecule has 1 aromatic heterocycles. The molecule has 0 fully saturated rings. The van der Waals surface area contributed by atoms with Crippen molar-refractivity contribution in [3.63, 3.8) is 0 Å². The summed E-state index contributed by atoms with van der Waals surface area (Å²) in [4.78, 5) is 17.2. The molecule has 1 N–H and O–H groups in total. The molecule has 0 atom stereocenters. The van der Waals surface area contributed by atoms with Crippen molar-refractivity contribution in [3.8, 4) is 11.5 Å². The number of anilines is 1. The van der Waals surface area contributed by atoms with E-state index in [9.17, 15) is 13.2 Å². The molecule has 0 aliphatic rings. The standard InChI is InChI=1S/C26H24N2O4S/c1-17-9-14-22(15-18(17)2)27-25(29)20-10-12-21(13-11-20)26-28-24(19(3)32-26)16-33(30,31)23-7-5-4-6-8-23/h4-15H,16H2,1-3H3,(H,27,29). The fourth-order valence-electron chi connectivity index (χ4n) is 3.36. The van der Waals surface area contributed by atoms with Crippen LogP contribution in [0.4, 0.5) is 5.69 Å². The average Bonchev–Trinajstić information content (AvgIpc) is 3.16. The van der Waals surface area contributed by atoms with Crippen molar-refractivity contribution in [2.24, 2.45) is 0 Å². The van der Waals surface area contributed by atoms with Gasteiger partial charge in [0.25, 0.3) is 5.91 Å². The third kappa shape index (κ3) is 5.04. The van der Waals surface area contributed by atoms with E-state index in [4.69, 9.17) is 4.42 Å². The van der Waals surface area contributed by atoms with Crippen LogP contribution in [0.1, 0.15) is 32.9 Å². The van der Waals surface area contributed by atoms with Crippen LogP contribution in [0.15, 0.2) is 82.1 Å². The highest BCUT2D eigenvalue weighted by Crippen LogP contribution is 2.25. The molecule has 0 aliphatic heterocycles. The Bertz CT molecular complexity index is 1410. The van der Waals surface area contributed by atoms with Gasteiger partial charge in [0, 0.05) is 16.8 Å². The zero-order valence-electron chi connectivity index (χ0n) is 18.6. The smallest absolute Gasteiger partial charge is 0.255 e. The average molecular weight is 461 g/mol. The number of aryl methyl sites for hydroxylation is 3. The lowest BCUT2D eigenvalue weighted by molar-refractivity contribution is 0.102. The molecule has 0 radical (unpaired) electrons. The number of sulfone groups is 1. The summed E-state index contributed by atoms with van der Waals surface area (Å²) in [7, 11) is -3.53. The van der Waals surface area contributed by atoms with E-state index in [2.05, 4.69) is 10.3 Å². The van der Waals surface area contributed by atoms with Crippen molar-refractivity contribution in [2.75, 3.05) is 5.32 Å². The predicted octanol–water partition coefficient (Wildman–Crippen LogP) is 5.49. The maximum Gasteiger partial charge on any atom is 0.255 e. The van der Waals surface area contributed by atoms with Crippen LogP contribution in [0.5, 0.6) is 0 Å². The van der Waals surface area contributed by atoms with Crippen LogP contribution in [-0.4, -0.2) is 19.3 Å². The zero-order valence-corrected chi connectivity index (χ0v) is 19.4. The molecule has 1 amide bonds. The zero-order chi connectivity index (χ0) is 23.6. The number of benzene rings is 3. The van der Waals surface area contributed by atoms with Gasteiger partial charge in [0.05, 0.1) is 10.6 Å². The van der Waals surface area contributed by atoms with E-state index in [0.717, 1.165) is 16.8 Å². The minimum Gasteiger partial charge on any atom is -0.441 e. The van der Waals surface area contributed by atoms with Gasteiger partial charge in [-0.1, -0.05) is 24.3 Å². The number of hydrogen-bond acceptors (Lipinski definition) is 5. The van der Waals surface area contributed by atoms with Gasteiger partial charge >= 0.3 is 0 Å². The normalized spacial score (nSPS) is 11.4. The minimum absolute atomic E-state index is 0.219. The maximum atomic E-state index is 12.7. The Kier molecular flexibility index (Phi) is 6.16. The lowest BCUT2D eigenvalue weighted by Gasteiger charge is -2.08. The molecule has 4 rings (SSSR count). The lowest BCUT2D eigenvalue weighted by Crippen LogP contribution is -2.11. The van der Waals surface area contributed by atoms with Crippen LogP contribution >= 0.6 is 0 Å². The van der Waals surface area contributed by atoms with Crippen LogP contribution < -0.4 is 5.32 Å². The first-order valence-corrected chi connectivity index (χ1v) is 12.1. The van der Waals surface area contributed by atoms with Gasteiger partial charge in [0.1, 0.15) is 11.5 Å². The SMILES string of the molecule is Cc1ccc(NC(=O)c2ccc(-c3nc(CS(=O)(=O)c4ccccc4)c(C)o3)cc2)cc1C. The Labute approximate surface area is 193 Å². The van der Waals surface area contributed by atoms with E-state index in [1.165, 1.54) is 0 Å². The molecule has 0 aliphatic carbocycles. The molecule has 0 unspecified atom stereocenters. The highest BCUT2D eigenvalue weighted by atomic mass is 32.2. The van der Waals surface area contributed by atoms with Crippen molar-refractivity contribution in [1.29, 1.82) is 0 Å². The maximum absolute atomic E-state index is 12.7. The molecule has 0 saturated carbocycles. The summed E-state index contributed by atoms with van der Waals surface area (Å²) >= 11 is 0. The van der Waals surface area contributed by atoms with Crippen molar-refractivity contribution in [2.45, 2.75) is 31.4 Å². The Morgan fingerprint density at radius 2 is 1.61 bits per heavy atom. The molecule has 4 aromatic rings. The number of hydrogen-bond donors (Lipinski definition) is 1. The van der Waals surface area contributed by atoms with Gasteiger partial charge in [-0.2, -0.15) is 0 Å². The van der Waals surface area contributed by atoms with E-state index in [-0.39, 0.29) is 16.6 Å². The molecule has 1 heterocycles. The predicted molar refractivity (Wildman–Crippen MR) is 128 cm³/mol. The Balaban J connectivity index is 1.50. The van der Waals surface area contributed by atoms with Gasteiger partial charge in [0.15, 0.2) is 9.84 Å². The van der Waals surface area contributed by atoms with Crippen molar-refractivity contribution < 1.29 is 17.6 Å². The van der Waals surface area contributed by atoms with Gasteiger partial charge in [-0.15, -0.1) is 0 Å². The second-order valence-electron chi connectivity index (χ2n) is 7.92. The van der Waals surface area contributed by atoms with Crippen LogP contribution in [0.2, 0.25) is 0 Å². The quantitative estimate of drug-likeness (QED) is 0.411. The van der Waals surface area contributed by atoms with Crippen LogP contribution in [0, 0.1) is 20.8 Å². The minimum atomic E-state index is -3.53. The number of carbonyl (C=O) groups excluding carboxylic acids is 1. The van der Waals surface area contributed by atoms with E-state index in [1.807, 2.05) is 32.0 Å². The number of carbonyl (C=O) groups is 1. The van der Waals surface area contributed by atoms with Gasteiger partial charge in [-0.05, 0) is 80.4 Å². The Morgan fingerprint density at radius 3 is 2.27 bits per heavy atom. The summed E-state index contributed by atoms with van der Waals surface area (Å²) in [6.07, 6.45) is 0. The summed E-state index contributed by atoms with van der Waals surface area (Å²) in [6, 6.07) is 20.9. The van der Waals surface area contributed by atoms with Crippen molar-refractivity contribution >= 4 is 21.4 Å². The number of nitrogens with zero attached hydrogens (tertiary/aromatic N) is 1. The summed E-state index contributed by atoms with van der Waals surface area (Å²) in [5, 5.41) is 2.90. The van der Waals surface area contributed by atoms with Crippen LogP contribution in [-0.2, 0) is 15.6 Å². The fraction of sp³-hybridized carbons (Fsp3) is 0.154. The van der Waals surface area contributed by atoms with E-state index >= 15 is 0 Å². The molecule has 3 aromatic carbocycles. The van der Waals surface area contributed by atoms with Crippen molar-refractivity contribution in [3.05, 3.63) is 101 Å². The third-order valence-electron chi connectivity index (χ3n) is 5.48. The number of rotatable bonds is 6. The molecule has 0 saturated heterocycles. The molecular weight excluding hydrogens is 436 g/mol. The van der Waals surface area contributed by atoms with Crippen LogP contribution in [0.25, 0.3) is 11.5 Å². The van der Waals surface area contributed by atoms with Gasteiger partial charge < -0.3 is 9.73 Å². The topological polar surface area (TPSA) is 89.3 Å². The monoisotopic (exact) mass is 460 g/mol. The first kappa shape index (κ1) is 22.5. The molecule has 6 nitrogen and oxygen atoms in total. The second-order valence-corrected chi connectivity index (χ2v) is 9.91. The largest absolute Gasteiger partial charge is 0.441 e. The van der Waals surface area contributed by atoms with Crippen molar-refractivity contribution in [1.82, 2.24) is 4.98 Å². The number of aromatic nitrogens is 1. The summed E-state index contributed by atoms with van der Waals surface area (Å²) in [5.41, 5.74) is 4.52. The van der Waals surface area contributed by atoms with Gasteiger partial charge in [0.2, 0.25) is 5.89 Å². The second kappa shape index (κ2) is 9.03. The highest BCUT2D eigenvalue weighted by Gasteiger charge is 2.21. The highest BCUT2D eigenvalue weighted by molar-refractivity contribution is 7.90. The molecule has 0 bridgehead atoms. The Hall–Kier alpha value is -3.71. The van der Waals surface area contributed by atoms with E-state index in [0.29, 0.717) is 28.5 Å². The number of amides is 1. The first-order chi connectivity index (χ1) is 15.7. The van der Waals surface area contributed by atoms with E-state index in [1.54, 1.807) is 61.5 Å².